The van der Waals surface area contributed by atoms with E-state index in [1.165, 1.54) is 6.42 Å². The van der Waals surface area contributed by atoms with Crippen molar-refractivity contribution < 1.29 is 9.53 Å². The second-order valence-corrected chi connectivity index (χ2v) is 11.8. The van der Waals surface area contributed by atoms with E-state index in [1.807, 2.05) is 32.9 Å². The molecule has 2 saturated carbocycles. The Morgan fingerprint density at radius 3 is 2.74 bits per heavy atom. The SMILES string of the molecule is CC(C)(C)OC(=O)N1CCc2cc(Nc3ncc4cc(C#N)c(=O)n([C@H]5C[C@@H]6CC[C@H]5C6)c4n3)ccc2C1. The van der Waals surface area contributed by atoms with Crippen LogP contribution in [0.15, 0.2) is 35.3 Å². The van der Waals surface area contributed by atoms with Crippen LogP contribution in [-0.2, 0) is 17.7 Å². The largest absolute Gasteiger partial charge is 0.444 e. The maximum atomic E-state index is 13.3. The molecule has 1 amide bonds. The summed E-state index contributed by atoms with van der Waals surface area (Å²) in [5.41, 5.74) is 3.02. The number of amides is 1. The molecule has 2 aromatic heterocycles. The fourth-order valence-corrected chi connectivity index (χ4v) is 6.34. The Labute approximate surface area is 221 Å². The number of carbonyl (C=O) groups excluding carboxylic acids is 1. The minimum atomic E-state index is -0.524. The number of fused-ring (bicyclic) bond motifs is 4. The van der Waals surface area contributed by atoms with Gasteiger partial charge in [0.15, 0.2) is 0 Å². The number of ether oxygens (including phenoxy) is 1. The number of rotatable bonds is 3. The molecule has 1 aromatic carbocycles. The van der Waals surface area contributed by atoms with Crippen molar-refractivity contribution in [3.05, 3.63) is 57.5 Å². The molecule has 3 heterocycles. The molecule has 0 saturated heterocycles. The summed E-state index contributed by atoms with van der Waals surface area (Å²) in [6.07, 6.45) is 6.57. The van der Waals surface area contributed by atoms with Crippen molar-refractivity contribution in [1.82, 2.24) is 19.4 Å². The van der Waals surface area contributed by atoms with Gasteiger partial charge in [0.05, 0.1) is 0 Å². The summed E-state index contributed by atoms with van der Waals surface area (Å²) in [5.74, 6) is 1.52. The molecule has 3 aliphatic rings. The van der Waals surface area contributed by atoms with E-state index in [0.29, 0.717) is 41.9 Å². The van der Waals surface area contributed by atoms with E-state index in [1.54, 1.807) is 21.7 Å². The first kappa shape index (κ1) is 24.4. The van der Waals surface area contributed by atoms with Crippen LogP contribution >= 0.6 is 0 Å². The summed E-state index contributed by atoms with van der Waals surface area (Å²) in [6.45, 7) is 6.71. The monoisotopic (exact) mass is 512 g/mol. The van der Waals surface area contributed by atoms with Crippen molar-refractivity contribution in [2.45, 2.75) is 71.1 Å². The van der Waals surface area contributed by atoms with E-state index in [9.17, 15) is 14.9 Å². The van der Waals surface area contributed by atoms with Crippen molar-refractivity contribution in [2.24, 2.45) is 11.8 Å². The first-order chi connectivity index (χ1) is 18.2. The summed E-state index contributed by atoms with van der Waals surface area (Å²) < 4.78 is 7.30. The highest BCUT2D eigenvalue weighted by molar-refractivity contribution is 5.77. The molecule has 2 aliphatic carbocycles. The lowest BCUT2D eigenvalue weighted by molar-refractivity contribution is 0.0224. The molecule has 6 rings (SSSR count). The van der Waals surface area contributed by atoms with Gasteiger partial charge in [-0.15, -0.1) is 0 Å². The third-order valence-electron chi connectivity index (χ3n) is 8.05. The van der Waals surface area contributed by atoms with Crippen molar-refractivity contribution in [3.63, 3.8) is 0 Å². The van der Waals surface area contributed by atoms with Gasteiger partial charge in [-0.05, 0) is 87.6 Å². The van der Waals surface area contributed by atoms with E-state index < -0.39 is 5.60 Å². The zero-order valence-corrected chi connectivity index (χ0v) is 22.0. The minimum absolute atomic E-state index is 0.0801. The van der Waals surface area contributed by atoms with E-state index in [-0.39, 0.29) is 23.3 Å². The normalized spacial score (nSPS) is 22.3. The predicted octanol–water partition coefficient (Wildman–Crippen LogP) is 5.06. The molecule has 9 nitrogen and oxygen atoms in total. The van der Waals surface area contributed by atoms with Crippen LogP contribution in [0.2, 0.25) is 0 Å². The topological polar surface area (TPSA) is 113 Å². The lowest BCUT2D eigenvalue weighted by Gasteiger charge is -2.31. The lowest BCUT2D eigenvalue weighted by Crippen LogP contribution is -2.39. The number of nitriles is 1. The van der Waals surface area contributed by atoms with Crippen molar-refractivity contribution in [3.8, 4) is 6.07 Å². The number of benzene rings is 1. The zero-order chi connectivity index (χ0) is 26.6. The highest BCUT2D eigenvalue weighted by Crippen LogP contribution is 2.50. The van der Waals surface area contributed by atoms with Gasteiger partial charge in [-0.1, -0.05) is 12.5 Å². The minimum Gasteiger partial charge on any atom is -0.444 e. The number of hydrogen-bond acceptors (Lipinski definition) is 7. The molecule has 1 aliphatic heterocycles. The van der Waals surface area contributed by atoms with Crippen molar-refractivity contribution >= 4 is 28.8 Å². The van der Waals surface area contributed by atoms with Crippen molar-refractivity contribution in [2.75, 3.05) is 11.9 Å². The molecule has 0 radical (unpaired) electrons. The van der Waals surface area contributed by atoms with Gasteiger partial charge in [0.25, 0.3) is 5.56 Å². The number of nitrogens with one attached hydrogen (secondary N) is 1. The van der Waals surface area contributed by atoms with Gasteiger partial charge in [-0.25, -0.2) is 9.78 Å². The molecule has 196 valence electrons. The molecule has 3 aromatic rings. The molecular weight excluding hydrogens is 480 g/mol. The van der Waals surface area contributed by atoms with Crippen LogP contribution in [0.25, 0.3) is 11.0 Å². The smallest absolute Gasteiger partial charge is 0.410 e. The van der Waals surface area contributed by atoms with Gasteiger partial charge in [0, 0.05) is 36.4 Å². The molecule has 1 N–H and O–H groups in total. The van der Waals surface area contributed by atoms with Gasteiger partial charge in [0.1, 0.15) is 22.9 Å². The highest BCUT2D eigenvalue weighted by atomic mass is 16.6. The third kappa shape index (κ3) is 4.49. The van der Waals surface area contributed by atoms with Crippen LogP contribution in [-0.4, -0.2) is 37.7 Å². The van der Waals surface area contributed by atoms with Gasteiger partial charge < -0.3 is 15.0 Å². The third-order valence-corrected chi connectivity index (χ3v) is 8.05. The van der Waals surface area contributed by atoms with E-state index in [4.69, 9.17) is 9.72 Å². The predicted molar refractivity (Wildman–Crippen MR) is 143 cm³/mol. The maximum absolute atomic E-state index is 13.3. The summed E-state index contributed by atoms with van der Waals surface area (Å²) in [7, 11) is 0. The molecule has 0 unspecified atom stereocenters. The number of hydrogen-bond donors (Lipinski definition) is 1. The molecular formula is C29H32N6O3. The molecule has 2 fully saturated rings. The number of aromatic nitrogens is 3. The summed E-state index contributed by atoms with van der Waals surface area (Å²) in [5, 5.41) is 13.6. The highest BCUT2D eigenvalue weighted by Gasteiger charge is 2.41. The number of carbonyl (C=O) groups is 1. The summed E-state index contributed by atoms with van der Waals surface area (Å²) in [4.78, 5) is 36.8. The first-order valence-corrected chi connectivity index (χ1v) is 13.4. The van der Waals surface area contributed by atoms with Crippen LogP contribution in [0.4, 0.5) is 16.4 Å². The standard InChI is InChI=1S/C29H32N6O3/c1-29(2,3)38-28(37)34-9-8-18-13-23(7-6-20(18)16-34)32-27-31-15-22-12-21(14-30)26(36)35(25(22)33-27)24-11-17-4-5-19(24)10-17/h6-7,12-13,15,17,19,24H,4-5,8-11,16H2,1-3H3,(H,31,32,33)/t17-,19+,24+/m1/s1. The van der Waals surface area contributed by atoms with Gasteiger partial charge >= 0.3 is 6.09 Å². The molecule has 2 bridgehead atoms. The van der Waals surface area contributed by atoms with Crippen LogP contribution in [0, 0.1) is 23.2 Å². The second kappa shape index (κ2) is 9.12. The fraction of sp³-hybridized carbons (Fsp3) is 0.483. The average Bonchev–Trinajstić information content (AvgIpc) is 3.51. The van der Waals surface area contributed by atoms with Crippen LogP contribution in [0.5, 0.6) is 0 Å². The van der Waals surface area contributed by atoms with Crippen LogP contribution < -0.4 is 10.9 Å². The summed E-state index contributed by atoms with van der Waals surface area (Å²) in [6, 6.07) is 9.77. The van der Waals surface area contributed by atoms with Crippen LogP contribution in [0.3, 0.4) is 0 Å². The van der Waals surface area contributed by atoms with Gasteiger partial charge in [-0.2, -0.15) is 10.2 Å². The number of nitrogens with zero attached hydrogens (tertiary/aromatic N) is 5. The Bertz CT molecular complexity index is 1530. The van der Waals surface area contributed by atoms with E-state index in [2.05, 4.69) is 22.4 Å². The molecule has 3 atom stereocenters. The van der Waals surface area contributed by atoms with E-state index >= 15 is 0 Å². The van der Waals surface area contributed by atoms with Crippen molar-refractivity contribution in [1.29, 1.82) is 5.26 Å². The number of anilines is 2. The first-order valence-electron chi connectivity index (χ1n) is 13.4. The van der Waals surface area contributed by atoms with Gasteiger partial charge in [-0.3, -0.25) is 9.36 Å². The Morgan fingerprint density at radius 1 is 1.18 bits per heavy atom. The molecule has 0 spiro atoms. The van der Waals surface area contributed by atoms with Gasteiger partial charge in [0.2, 0.25) is 5.95 Å². The Hall–Kier alpha value is -3.93. The van der Waals surface area contributed by atoms with E-state index in [0.717, 1.165) is 42.5 Å². The molecule has 38 heavy (non-hydrogen) atoms. The quantitative estimate of drug-likeness (QED) is 0.522. The fourth-order valence-electron chi connectivity index (χ4n) is 6.34. The Balaban J connectivity index is 1.27. The maximum Gasteiger partial charge on any atom is 0.410 e. The zero-order valence-electron chi connectivity index (χ0n) is 22.0. The second-order valence-electron chi connectivity index (χ2n) is 11.8. The Kier molecular flexibility index (Phi) is 5.86. The molecule has 9 heteroatoms. The number of pyridine rings is 1. The lowest BCUT2D eigenvalue weighted by atomic mass is 9.94. The average molecular weight is 513 g/mol. The summed E-state index contributed by atoms with van der Waals surface area (Å²) >= 11 is 0. The van der Waals surface area contributed by atoms with Crippen LogP contribution in [0.1, 0.15) is 69.2 Å². The Morgan fingerprint density at radius 2 is 2.03 bits per heavy atom.